The molecule has 1 atom stereocenters. The van der Waals surface area contributed by atoms with E-state index in [-0.39, 0.29) is 6.61 Å². The molecular weight excluding hydrogens is 279 g/mol. The number of rotatable bonds is 12. The fraction of sp³-hybridized carbons (Fsp3) is 1.00. The predicted molar refractivity (Wildman–Crippen MR) is 78.4 cm³/mol. The van der Waals surface area contributed by atoms with Crippen molar-refractivity contribution in [1.29, 1.82) is 0 Å². The van der Waals surface area contributed by atoms with Crippen molar-refractivity contribution in [2.24, 2.45) is 0 Å². The minimum absolute atomic E-state index is 0.259. The van der Waals surface area contributed by atoms with Gasteiger partial charge in [-0.25, -0.2) is 9.45 Å². The lowest BCUT2D eigenvalue weighted by Gasteiger charge is -2.20. The average Bonchev–Trinajstić information content (AvgIpc) is 2.45. The molecule has 20 heavy (non-hydrogen) atoms. The molecule has 0 aromatic carbocycles. The summed E-state index contributed by atoms with van der Waals surface area (Å²) in [5.74, 6) is 0. The van der Waals surface area contributed by atoms with Crippen LogP contribution in [0.5, 0.6) is 0 Å². The first-order chi connectivity index (χ1) is 9.77. The Hall–Kier alpha value is 0.0700. The number of hydrogen-bond donors (Lipinski definition) is 0. The molecule has 6 heteroatoms. The first kappa shape index (κ1) is 18.1. The molecule has 0 aliphatic carbocycles. The van der Waals surface area contributed by atoms with Crippen molar-refractivity contribution in [2.75, 3.05) is 19.8 Å². The van der Waals surface area contributed by atoms with Crippen LogP contribution in [-0.2, 0) is 23.2 Å². The second kappa shape index (κ2) is 11.7. The van der Waals surface area contributed by atoms with Gasteiger partial charge in [0, 0.05) is 0 Å². The summed E-state index contributed by atoms with van der Waals surface area (Å²) < 4.78 is 26.3. The van der Waals surface area contributed by atoms with Crippen molar-refractivity contribution >= 4 is 7.82 Å². The Morgan fingerprint density at radius 2 is 1.50 bits per heavy atom. The van der Waals surface area contributed by atoms with E-state index >= 15 is 0 Å². The largest absolute Gasteiger partial charge is 0.502 e. The SMILES string of the molecule is CCCCCCCCCCCCOP1(=O)OCCOO1. The number of unbranched alkanes of at least 4 members (excludes halogenated alkanes) is 9. The van der Waals surface area contributed by atoms with E-state index in [1.807, 2.05) is 0 Å². The van der Waals surface area contributed by atoms with Gasteiger partial charge in [0.15, 0.2) is 0 Å². The molecule has 0 amide bonds. The van der Waals surface area contributed by atoms with Crippen molar-refractivity contribution in [2.45, 2.75) is 71.1 Å². The van der Waals surface area contributed by atoms with E-state index in [4.69, 9.17) is 9.05 Å². The highest BCUT2D eigenvalue weighted by atomic mass is 31.2. The Balaban J connectivity index is 1.81. The van der Waals surface area contributed by atoms with E-state index in [1.54, 1.807) is 0 Å². The normalized spacial score (nSPS) is 23.1. The minimum atomic E-state index is -3.41. The maximum absolute atomic E-state index is 11.7. The van der Waals surface area contributed by atoms with Crippen LogP contribution < -0.4 is 0 Å². The summed E-state index contributed by atoms with van der Waals surface area (Å²) >= 11 is 0. The monoisotopic (exact) mass is 308 g/mol. The van der Waals surface area contributed by atoms with Crippen LogP contribution >= 0.6 is 7.82 Å². The van der Waals surface area contributed by atoms with Gasteiger partial charge in [-0.05, 0) is 6.42 Å². The molecule has 0 aromatic rings. The van der Waals surface area contributed by atoms with Gasteiger partial charge in [-0.1, -0.05) is 64.7 Å². The van der Waals surface area contributed by atoms with Crippen molar-refractivity contribution in [3.63, 3.8) is 0 Å². The van der Waals surface area contributed by atoms with Crippen LogP contribution in [0.3, 0.4) is 0 Å². The van der Waals surface area contributed by atoms with Gasteiger partial charge in [0.2, 0.25) is 0 Å². The molecule has 1 heterocycles. The Morgan fingerprint density at radius 3 is 2.05 bits per heavy atom. The Kier molecular flexibility index (Phi) is 10.6. The highest BCUT2D eigenvalue weighted by Gasteiger charge is 2.31. The molecule has 0 N–H and O–H groups in total. The van der Waals surface area contributed by atoms with Crippen LogP contribution in [0, 0.1) is 0 Å². The zero-order chi connectivity index (χ0) is 14.5. The molecule has 0 bridgehead atoms. The highest BCUT2D eigenvalue weighted by Crippen LogP contribution is 2.51. The van der Waals surface area contributed by atoms with Gasteiger partial charge >= 0.3 is 7.82 Å². The van der Waals surface area contributed by atoms with Crippen LogP contribution in [0.4, 0.5) is 0 Å². The summed E-state index contributed by atoms with van der Waals surface area (Å²) in [7, 11) is -3.41. The Labute approximate surface area is 122 Å². The first-order valence-corrected chi connectivity index (χ1v) is 9.43. The van der Waals surface area contributed by atoms with E-state index in [9.17, 15) is 4.57 Å². The third-order valence-corrected chi connectivity index (χ3v) is 4.59. The molecule has 120 valence electrons. The summed E-state index contributed by atoms with van der Waals surface area (Å²) in [6, 6.07) is 0. The van der Waals surface area contributed by atoms with Gasteiger partial charge in [-0.3, -0.25) is 9.05 Å². The standard InChI is InChI=1S/C14H29O5P/c1-2-3-4-5-6-7-8-9-10-11-12-17-20(15)18-14-13-16-19-20/h2-14H2,1H3. The maximum atomic E-state index is 11.7. The minimum Gasteiger partial charge on any atom is -0.285 e. The van der Waals surface area contributed by atoms with Crippen LogP contribution in [0.2, 0.25) is 0 Å². The van der Waals surface area contributed by atoms with E-state index in [1.165, 1.54) is 51.4 Å². The van der Waals surface area contributed by atoms with Gasteiger partial charge < -0.3 is 0 Å². The fourth-order valence-electron chi connectivity index (χ4n) is 2.13. The van der Waals surface area contributed by atoms with E-state index < -0.39 is 7.82 Å². The molecule has 0 spiro atoms. The Morgan fingerprint density at radius 1 is 0.900 bits per heavy atom. The second-order valence-electron chi connectivity index (χ2n) is 5.19. The van der Waals surface area contributed by atoms with Crippen LogP contribution in [0.15, 0.2) is 0 Å². The van der Waals surface area contributed by atoms with Crippen molar-refractivity contribution < 1.29 is 23.2 Å². The van der Waals surface area contributed by atoms with E-state index in [2.05, 4.69) is 16.5 Å². The van der Waals surface area contributed by atoms with Gasteiger partial charge in [0.1, 0.15) is 6.61 Å². The molecule has 5 nitrogen and oxygen atoms in total. The molecule has 1 unspecified atom stereocenters. The molecule has 0 radical (unpaired) electrons. The molecular formula is C14H29O5P. The van der Waals surface area contributed by atoms with E-state index in [0.29, 0.717) is 13.2 Å². The summed E-state index contributed by atoms with van der Waals surface area (Å²) in [6.45, 7) is 3.20. The van der Waals surface area contributed by atoms with Crippen LogP contribution in [0.25, 0.3) is 0 Å². The van der Waals surface area contributed by atoms with E-state index in [0.717, 1.165) is 12.8 Å². The number of hydrogen-bond acceptors (Lipinski definition) is 5. The quantitative estimate of drug-likeness (QED) is 0.288. The second-order valence-corrected chi connectivity index (χ2v) is 6.75. The average molecular weight is 308 g/mol. The van der Waals surface area contributed by atoms with Crippen LogP contribution in [0.1, 0.15) is 71.1 Å². The number of phosphoric ester groups is 1. The summed E-state index contributed by atoms with van der Waals surface area (Å²) in [6.07, 6.45) is 12.6. The molecule has 1 saturated heterocycles. The molecule has 1 fully saturated rings. The van der Waals surface area contributed by atoms with Crippen LogP contribution in [-0.4, -0.2) is 19.8 Å². The third-order valence-electron chi connectivity index (χ3n) is 3.31. The molecule has 1 aliphatic rings. The summed E-state index contributed by atoms with van der Waals surface area (Å²) in [5.41, 5.74) is 0. The lowest BCUT2D eigenvalue weighted by Crippen LogP contribution is -2.13. The van der Waals surface area contributed by atoms with Gasteiger partial charge in [-0.15, -0.1) is 4.67 Å². The van der Waals surface area contributed by atoms with Crippen molar-refractivity contribution in [3.05, 3.63) is 0 Å². The van der Waals surface area contributed by atoms with Gasteiger partial charge in [0.25, 0.3) is 0 Å². The zero-order valence-corrected chi connectivity index (χ0v) is 13.6. The molecule has 1 aliphatic heterocycles. The highest BCUT2D eigenvalue weighted by molar-refractivity contribution is 7.48. The molecule has 0 aromatic heterocycles. The zero-order valence-electron chi connectivity index (χ0n) is 12.7. The number of phosphoric acid groups is 1. The fourth-order valence-corrected chi connectivity index (χ4v) is 3.15. The first-order valence-electron chi connectivity index (χ1n) is 7.97. The molecule has 1 rings (SSSR count). The smallest absolute Gasteiger partial charge is 0.285 e. The maximum Gasteiger partial charge on any atom is 0.502 e. The van der Waals surface area contributed by atoms with Crippen molar-refractivity contribution in [1.82, 2.24) is 0 Å². The predicted octanol–water partition coefficient (Wildman–Crippen LogP) is 5.01. The summed E-state index contributed by atoms with van der Waals surface area (Å²) in [5, 5.41) is 0. The summed E-state index contributed by atoms with van der Waals surface area (Å²) in [4.78, 5) is 4.62. The lowest BCUT2D eigenvalue weighted by atomic mass is 10.1. The van der Waals surface area contributed by atoms with Crippen molar-refractivity contribution in [3.8, 4) is 0 Å². The van der Waals surface area contributed by atoms with Gasteiger partial charge in [0.05, 0.1) is 13.2 Å². The molecule has 0 saturated carbocycles. The topological polar surface area (TPSA) is 54.0 Å². The van der Waals surface area contributed by atoms with Gasteiger partial charge in [-0.2, -0.15) is 0 Å². The lowest BCUT2D eigenvalue weighted by molar-refractivity contribution is -0.253. The Bertz CT molecular complexity index is 262. The third kappa shape index (κ3) is 9.09.